The molecule has 0 atom stereocenters. The van der Waals surface area contributed by atoms with Crippen LogP contribution in [0.15, 0.2) is 72.8 Å². The topological polar surface area (TPSA) is 85.1 Å². The third kappa shape index (κ3) is 3.65. The van der Waals surface area contributed by atoms with E-state index in [1.807, 2.05) is 43.3 Å². The number of nitrogens with two attached hydrogens (primary N) is 1. The highest BCUT2D eigenvalue weighted by Gasteiger charge is 2.16. The summed E-state index contributed by atoms with van der Waals surface area (Å²) in [5, 5.41) is 3.57. The average molecular weight is 395 g/mol. The molecule has 3 aromatic carbocycles. The van der Waals surface area contributed by atoms with Crippen LogP contribution in [0.3, 0.4) is 0 Å². The van der Waals surface area contributed by atoms with E-state index < -0.39 is 5.91 Å². The molecule has 30 heavy (non-hydrogen) atoms. The molecule has 0 bridgehead atoms. The van der Waals surface area contributed by atoms with Gasteiger partial charge in [0.05, 0.1) is 28.0 Å². The van der Waals surface area contributed by atoms with Crippen molar-refractivity contribution in [2.24, 2.45) is 5.73 Å². The summed E-state index contributed by atoms with van der Waals surface area (Å²) in [6, 6.07) is 22.1. The Hall–Kier alpha value is -3.99. The number of amides is 2. The number of carbonyl (C=O) groups excluding carboxylic acids is 2. The zero-order chi connectivity index (χ0) is 21.3. The van der Waals surface area contributed by atoms with Gasteiger partial charge in [-0.05, 0) is 55.3 Å². The second-order valence-electron chi connectivity index (χ2n) is 7.24. The summed E-state index contributed by atoms with van der Waals surface area (Å²) in [4.78, 5) is 29.7. The number of para-hydroxylation sites is 2. The molecule has 0 saturated carbocycles. The van der Waals surface area contributed by atoms with Crippen molar-refractivity contribution in [1.29, 1.82) is 0 Å². The van der Waals surface area contributed by atoms with Crippen molar-refractivity contribution < 1.29 is 9.59 Å². The molecular weight excluding hydrogens is 374 g/mol. The van der Waals surface area contributed by atoms with E-state index in [0.717, 1.165) is 22.0 Å². The van der Waals surface area contributed by atoms with Gasteiger partial charge in [-0.15, -0.1) is 0 Å². The lowest BCUT2D eigenvalue weighted by atomic mass is 10.0. The van der Waals surface area contributed by atoms with E-state index in [0.29, 0.717) is 16.9 Å². The summed E-state index contributed by atoms with van der Waals surface area (Å²) in [7, 11) is 0. The van der Waals surface area contributed by atoms with E-state index in [4.69, 9.17) is 10.7 Å². The number of fused-ring (bicyclic) bond motifs is 1. The van der Waals surface area contributed by atoms with Gasteiger partial charge in [-0.1, -0.05) is 42.5 Å². The first-order valence-corrected chi connectivity index (χ1v) is 9.61. The number of primary amides is 1. The van der Waals surface area contributed by atoms with Crippen LogP contribution < -0.4 is 11.1 Å². The summed E-state index contributed by atoms with van der Waals surface area (Å²) in [5.41, 5.74) is 11.3. The van der Waals surface area contributed by atoms with E-state index in [2.05, 4.69) is 18.3 Å². The highest BCUT2D eigenvalue weighted by atomic mass is 16.2. The van der Waals surface area contributed by atoms with Gasteiger partial charge in [-0.3, -0.25) is 9.59 Å². The minimum absolute atomic E-state index is 0.263. The Morgan fingerprint density at radius 1 is 0.833 bits per heavy atom. The second-order valence-corrected chi connectivity index (χ2v) is 7.24. The van der Waals surface area contributed by atoms with Gasteiger partial charge in [0.25, 0.3) is 11.8 Å². The van der Waals surface area contributed by atoms with Crippen molar-refractivity contribution in [3.05, 3.63) is 95.1 Å². The molecule has 5 nitrogen and oxygen atoms in total. The molecule has 0 unspecified atom stereocenters. The van der Waals surface area contributed by atoms with E-state index in [1.54, 1.807) is 30.3 Å². The third-order valence-corrected chi connectivity index (χ3v) is 5.20. The molecule has 2 amide bonds. The molecule has 0 aliphatic heterocycles. The minimum atomic E-state index is -0.596. The summed E-state index contributed by atoms with van der Waals surface area (Å²) < 4.78 is 0. The molecule has 0 aliphatic carbocycles. The van der Waals surface area contributed by atoms with Crippen molar-refractivity contribution in [1.82, 2.24) is 4.98 Å². The average Bonchev–Trinajstić information content (AvgIpc) is 2.75. The smallest absolute Gasteiger partial charge is 0.256 e. The molecule has 4 rings (SSSR count). The number of anilines is 1. The maximum atomic E-state index is 13.2. The van der Waals surface area contributed by atoms with Crippen LogP contribution in [0.2, 0.25) is 0 Å². The van der Waals surface area contributed by atoms with E-state index in [-0.39, 0.29) is 11.5 Å². The third-order valence-electron chi connectivity index (χ3n) is 5.20. The zero-order valence-corrected chi connectivity index (χ0v) is 16.8. The van der Waals surface area contributed by atoms with Crippen LogP contribution in [0.5, 0.6) is 0 Å². The predicted molar refractivity (Wildman–Crippen MR) is 120 cm³/mol. The summed E-state index contributed by atoms with van der Waals surface area (Å²) in [6.07, 6.45) is 0. The molecule has 0 saturated heterocycles. The minimum Gasteiger partial charge on any atom is -0.366 e. The monoisotopic (exact) mass is 395 g/mol. The fourth-order valence-electron chi connectivity index (χ4n) is 3.41. The molecule has 0 radical (unpaired) electrons. The Morgan fingerprint density at radius 2 is 1.57 bits per heavy atom. The van der Waals surface area contributed by atoms with Crippen LogP contribution >= 0.6 is 0 Å². The Balaban J connectivity index is 1.82. The van der Waals surface area contributed by atoms with Crippen molar-refractivity contribution in [3.63, 3.8) is 0 Å². The fourth-order valence-corrected chi connectivity index (χ4v) is 3.41. The van der Waals surface area contributed by atoms with Crippen LogP contribution in [0, 0.1) is 13.8 Å². The van der Waals surface area contributed by atoms with Crippen molar-refractivity contribution in [2.75, 3.05) is 5.32 Å². The van der Waals surface area contributed by atoms with Crippen molar-refractivity contribution in [3.8, 4) is 11.3 Å². The molecule has 5 heteroatoms. The van der Waals surface area contributed by atoms with Crippen LogP contribution in [0.1, 0.15) is 31.8 Å². The summed E-state index contributed by atoms with van der Waals surface area (Å²) in [6.45, 7) is 4.11. The maximum Gasteiger partial charge on any atom is 0.256 e. The number of hydrogen-bond acceptors (Lipinski definition) is 3. The number of aromatic nitrogens is 1. The van der Waals surface area contributed by atoms with Gasteiger partial charge in [0, 0.05) is 10.9 Å². The normalized spacial score (nSPS) is 10.7. The van der Waals surface area contributed by atoms with Gasteiger partial charge in [0.2, 0.25) is 0 Å². The zero-order valence-electron chi connectivity index (χ0n) is 16.8. The Bertz CT molecular complexity index is 1290. The molecule has 0 aliphatic rings. The number of pyridine rings is 1. The first kappa shape index (κ1) is 19.3. The van der Waals surface area contributed by atoms with Gasteiger partial charge in [0.1, 0.15) is 0 Å². The number of carbonyl (C=O) groups is 2. The van der Waals surface area contributed by atoms with Crippen LogP contribution in [-0.4, -0.2) is 16.8 Å². The Labute approximate surface area is 174 Å². The first-order chi connectivity index (χ1) is 14.4. The van der Waals surface area contributed by atoms with Crippen LogP contribution in [0.4, 0.5) is 5.69 Å². The largest absolute Gasteiger partial charge is 0.366 e. The van der Waals surface area contributed by atoms with E-state index in [9.17, 15) is 9.59 Å². The van der Waals surface area contributed by atoms with E-state index >= 15 is 0 Å². The molecule has 4 aromatic rings. The summed E-state index contributed by atoms with van der Waals surface area (Å²) >= 11 is 0. The lowest BCUT2D eigenvalue weighted by molar-refractivity contribution is 0.100. The number of nitrogens with one attached hydrogen (secondary N) is 1. The molecule has 148 valence electrons. The fraction of sp³-hybridized carbons (Fsp3) is 0.0800. The maximum absolute atomic E-state index is 13.2. The number of nitrogens with zero attached hydrogens (tertiary/aromatic N) is 1. The van der Waals surface area contributed by atoms with Gasteiger partial charge in [-0.2, -0.15) is 0 Å². The van der Waals surface area contributed by atoms with Crippen LogP contribution in [0.25, 0.3) is 22.2 Å². The SMILES string of the molecule is Cc1ccc(-c2cc(C(=O)Nc3ccccc3C(N)=O)c3ccccc3n2)cc1C. The molecular formula is C25H21N3O2. The second kappa shape index (κ2) is 7.79. The van der Waals surface area contributed by atoms with Gasteiger partial charge in [0.15, 0.2) is 0 Å². The Kier molecular flexibility index (Phi) is 5.02. The molecule has 0 fully saturated rings. The first-order valence-electron chi connectivity index (χ1n) is 9.61. The highest BCUT2D eigenvalue weighted by molar-refractivity contribution is 6.14. The predicted octanol–water partition coefficient (Wildman–Crippen LogP) is 4.87. The number of rotatable bonds is 4. The van der Waals surface area contributed by atoms with E-state index in [1.165, 1.54) is 5.56 Å². The number of aryl methyl sites for hydroxylation is 2. The molecule has 1 aromatic heterocycles. The van der Waals surface area contributed by atoms with Gasteiger partial charge >= 0.3 is 0 Å². The number of hydrogen-bond donors (Lipinski definition) is 2. The highest BCUT2D eigenvalue weighted by Crippen LogP contribution is 2.27. The lowest BCUT2D eigenvalue weighted by Crippen LogP contribution is -2.18. The van der Waals surface area contributed by atoms with Crippen LogP contribution in [-0.2, 0) is 0 Å². The number of benzene rings is 3. The van der Waals surface area contributed by atoms with Crippen molar-refractivity contribution in [2.45, 2.75) is 13.8 Å². The van der Waals surface area contributed by atoms with Gasteiger partial charge < -0.3 is 11.1 Å². The quantitative estimate of drug-likeness (QED) is 0.517. The molecule has 0 spiro atoms. The molecule has 1 heterocycles. The molecule has 3 N–H and O–H groups in total. The summed E-state index contributed by atoms with van der Waals surface area (Å²) in [5.74, 6) is -0.923. The standard InChI is InChI=1S/C25H21N3O2/c1-15-11-12-17(13-16(15)2)23-14-20(18-7-3-5-9-21(18)27-23)25(30)28-22-10-6-4-8-19(22)24(26)29/h3-14H,1-2H3,(H2,26,29)(H,28,30). The lowest BCUT2D eigenvalue weighted by Gasteiger charge is -2.13. The van der Waals surface area contributed by atoms with Gasteiger partial charge in [-0.25, -0.2) is 4.98 Å². The van der Waals surface area contributed by atoms with Crippen molar-refractivity contribution >= 4 is 28.4 Å². The Morgan fingerprint density at radius 3 is 2.33 bits per heavy atom.